The highest BCUT2D eigenvalue weighted by Crippen LogP contribution is 2.34. The number of carboxylic acid groups (broad SMARTS) is 1. The maximum Gasteiger partial charge on any atom is 0.305 e. The Morgan fingerprint density at radius 2 is 1.44 bits per heavy atom. The number of unbranched alkanes of at least 4 members (excludes halogenated alkanes) is 2. The molecule has 0 unspecified atom stereocenters. The highest BCUT2D eigenvalue weighted by molar-refractivity contribution is 5.94. The molecule has 43 heavy (non-hydrogen) atoms. The molecule has 4 rings (SSSR count). The van der Waals surface area contributed by atoms with Crippen molar-refractivity contribution in [2.75, 3.05) is 13.1 Å². The van der Waals surface area contributed by atoms with Crippen LogP contribution in [0.25, 0.3) is 0 Å². The number of amides is 2. The molecule has 3 aromatic carbocycles. The van der Waals surface area contributed by atoms with Crippen LogP contribution in [0.2, 0.25) is 0 Å². The van der Waals surface area contributed by atoms with E-state index in [2.05, 4.69) is 60.8 Å². The Morgan fingerprint density at radius 1 is 0.837 bits per heavy atom. The molecule has 2 amide bonds. The van der Waals surface area contributed by atoms with E-state index in [0.29, 0.717) is 18.7 Å². The fourth-order valence-electron chi connectivity index (χ4n) is 6.23. The van der Waals surface area contributed by atoms with Gasteiger partial charge in [-0.3, -0.25) is 14.4 Å². The number of carbonyl (C=O) groups excluding carboxylic acids is 2. The highest BCUT2D eigenvalue weighted by atomic mass is 16.4. The summed E-state index contributed by atoms with van der Waals surface area (Å²) in [6.07, 6.45) is 9.12. The van der Waals surface area contributed by atoms with Crippen LogP contribution in [0.5, 0.6) is 0 Å². The lowest BCUT2D eigenvalue weighted by Crippen LogP contribution is -2.40. The molecule has 0 spiro atoms. The molecule has 1 saturated carbocycles. The van der Waals surface area contributed by atoms with E-state index in [4.69, 9.17) is 5.11 Å². The van der Waals surface area contributed by atoms with Gasteiger partial charge in [-0.2, -0.15) is 0 Å². The normalized spacial score (nSPS) is 16.5. The number of rotatable bonds is 15. The molecule has 0 heterocycles. The zero-order valence-electron chi connectivity index (χ0n) is 25.4. The molecule has 0 atom stereocenters. The van der Waals surface area contributed by atoms with E-state index >= 15 is 0 Å². The van der Waals surface area contributed by atoms with E-state index in [1.807, 2.05) is 29.2 Å². The quantitative estimate of drug-likeness (QED) is 0.182. The van der Waals surface area contributed by atoms with E-state index in [0.717, 1.165) is 37.2 Å². The molecule has 0 aliphatic heterocycles. The van der Waals surface area contributed by atoms with Crippen molar-refractivity contribution >= 4 is 17.8 Å². The molecule has 1 aliphatic rings. The summed E-state index contributed by atoms with van der Waals surface area (Å²) in [7, 11) is 0. The van der Waals surface area contributed by atoms with Crippen LogP contribution in [-0.4, -0.2) is 40.9 Å². The number of hydrogen-bond acceptors (Lipinski definition) is 3. The van der Waals surface area contributed by atoms with Gasteiger partial charge < -0.3 is 15.3 Å². The fraction of sp³-hybridized carbons (Fsp3) is 0.432. The number of nitrogens with zero attached hydrogens (tertiary/aromatic N) is 1. The minimum Gasteiger partial charge on any atom is -0.481 e. The van der Waals surface area contributed by atoms with E-state index < -0.39 is 5.97 Å². The Bertz CT molecular complexity index is 1250. The Balaban J connectivity index is 1.52. The van der Waals surface area contributed by atoms with Crippen molar-refractivity contribution in [2.24, 2.45) is 11.8 Å². The second-order valence-electron chi connectivity index (χ2n) is 11.9. The van der Waals surface area contributed by atoms with Gasteiger partial charge in [0.05, 0.1) is 6.42 Å². The third-order valence-corrected chi connectivity index (χ3v) is 8.74. The van der Waals surface area contributed by atoms with Crippen LogP contribution in [-0.2, 0) is 16.1 Å². The van der Waals surface area contributed by atoms with Crippen LogP contribution in [0.1, 0.15) is 97.7 Å². The number of hydrogen-bond donors (Lipinski definition) is 2. The van der Waals surface area contributed by atoms with E-state index in [1.54, 1.807) is 12.1 Å². The predicted molar refractivity (Wildman–Crippen MR) is 171 cm³/mol. The van der Waals surface area contributed by atoms with Crippen molar-refractivity contribution in [1.82, 2.24) is 10.2 Å². The third kappa shape index (κ3) is 9.81. The lowest BCUT2D eigenvalue weighted by Gasteiger charge is -2.34. The molecule has 1 aliphatic carbocycles. The van der Waals surface area contributed by atoms with Gasteiger partial charge in [-0.05, 0) is 60.4 Å². The molecule has 1 fully saturated rings. The number of carbonyl (C=O) groups is 3. The van der Waals surface area contributed by atoms with Crippen LogP contribution in [0.15, 0.2) is 84.9 Å². The van der Waals surface area contributed by atoms with Gasteiger partial charge >= 0.3 is 5.97 Å². The van der Waals surface area contributed by atoms with Crippen molar-refractivity contribution in [1.29, 1.82) is 0 Å². The van der Waals surface area contributed by atoms with Crippen molar-refractivity contribution in [3.63, 3.8) is 0 Å². The summed E-state index contributed by atoms with van der Waals surface area (Å²) < 4.78 is 0. The molecule has 6 heteroatoms. The first kappa shape index (κ1) is 32.0. The average Bonchev–Trinajstić information content (AvgIpc) is 3.04. The summed E-state index contributed by atoms with van der Waals surface area (Å²) >= 11 is 0. The largest absolute Gasteiger partial charge is 0.481 e. The molecule has 228 valence electrons. The minimum atomic E-state index is -0.949. The summed E-state index contributed by atoms with van der Waals surface area (Å²) in [6.45, 7) is 3.36. The maximum absolute atomic E-state index is 14.2. The van der Waals surface area contributed by atoms with E-state index in [9.17, 15) is 14.4 Å². The Morgan fingerprint density at radius 3 is 2.00 bits per heavy atom. The molecule has 0 radical (unpaired) electrons. The number of benzene rings is 3. The standard InChI is InChI=1S/C37H46N2O4/c1-2-3-6-11-28-16-22-33(23-17-28)37(43)39(26-29-18-20-32(21-19-29)36(42)38-25-24-35(40)41)27-34(30-12-7-4-8-13-30)31-14-9-5-10-15-31/h4-5,7-10,12-15,18-21,28,33-34H,2-3,6,11,16-17,22-27H2,1H3,(H,38,42)(H,40,41). The maximum atomic E-state index is 14.2. The van der Waals surface area contributed by atoms with Gasteiger partial charge in [0.2, 0.25) is 5.91 Å². The highest BCUT2D eigenvalue weighted by Gasteiger charge is 2.31. The molecule has 0 aromatic heterocycles. The van der Waals surface area contributed by atoms with Crippen LogP contribution >= 0.6 is 0 Å². The van der Waals surface area contributed by atoms with Crippen LogP contribution < -0.4 is 5.32 Å². The second-order valence-corrected chi connectivity index (χ2v) is 11.9. The van der Waals surface area contributed by atoms with Gasteiger partial charge in [0.25, 0.3) is 5.91 Å². The molecular formula is C37H46N2O4. The Labute approximate surface area is 256 Å². The van der Waals surface area contributed by atoms with E-state index in [-0.39, 0.29) is 36.6 Å². The zero-order valence-corrected chi connectivity index (χ0v) is 25.4. The van der Waals surface area contributed by atoms with E-state index in [1.165, 1.54) is 36.8 Å². The lowest BCUT2D eigenvalue weighted by atomic mass is 9.79. The van der Waals surface area contributed by atoms with Crippen molar-refractivity contribution in [3.05, 3.63) is 107 Å². The van der Waals surface area contributed by atoms with Crippen molar-refractivity contribution in [3.8, 4) is 0 Å². The van der Waals surface area contributed by atoms with Gasteiger partial charge in [-0.25, -0.2) is 0 Å². The van der Waals surface area contributed by atoms with Crippen LogP contribution in [0, 0.1) is 11.8 Å². The predicted octanol–water partition coefficient (Wildman–Crippen LogP) is 7.44. The van der Waals surface area contributed by atoms with Gasteiger partial charge in [0.1, 0.15) is 0 Å². The summed E-state index contributed by atoms with van der Waals surface area (Å²) in [4.78, 5) is 39.5. The van der Waals surface area contributed by atoms with Crippen molar-refractivity contribution < 1.29 is 19.5 Å². The average molecular weight is 583 g/mol. The molecule has 2 N–H and O–H groups in total. The fourth-order valence-corrected chi connectivity index (χ4v) is 6.23. The first-order valence-corrected chi connectivity index (χ1v) is 15.9. The minimum absolute atomic E-state index is 0.0360. The summed E-state index contributed by atoms with van der Waals surface area (Å²) in [5, 5.41) is 11.5. The molecule has 0 bridgehead atoms. The lowest BCUT2D eigenvalue weighted by molar-refractivity contribution is -0.138. The van der Waals surface area contributed by atoms with Crippen LogP contribution in [0.4, 0.5) is 0 Å². The van der Waals surface area contributed by atoms with Gasteiger partial charge in [-0.15, -0.1) is 0 Å². The molecular weight excluding hydrogens is 536 g/mol. The topological polar surface area (TPSA) is 86.7 Å². The Kier molecular flexibility index (Phi) is 12.4. The summed E-state index contributed by atoms with van der Waals surface area (Å²) in [6, 6.07) is 28.1. The number of aliphatic carboxylic acids is 1. The second kappa shape index (κ2) is 16.6. The van der Waals surface area contributed by atoms with Crippen molar-refractivity contribution in [2.45, 2.75) is 77.2 Å². The van der Waals surface area contributed by atoms with Crippen LogP contribution in [0.3, 0.4) is 0 Å². The first-order chi connectivity index (χ1) is 20.9. The summed E-state index contributed by atoms with van der Waals surface area (Å²) in [5.41, 5.74) is 3.79. The smallest absolute Gasteiger partial charge is 0.305 e. The SMILES string of the molecule is CCCCCC1CCC(C(=O)N(Cc2ccc(C(=O)NCCC(=O)O)cc2)CC(c2ccccc2)c2ccccc2)CC1. The van der Waals surface area contributed by atoms with Gasteiger partial charge in [-0.1, -0.05) is 105 Å². The number of nitrogens with one attached hydrogen (secondary N) is 1. The summed E-state index contributed by atoms with van der Waals surface area (Å²) in [5.74, 6) is -0.219. The zero-order chi connectivity index (χ0) is 30.4. The first-order valence-electron chi connectivity index (χ1n) is 15.9. The van der Waals surface area contributed by atoms with Gasteiger partial charge in [0, 0.05) is 37.0 Å². The monoisotopic (exact) mass is 582 g/mol. The molecule has 6 nitrogen and oxygen atoms in total. The molecule has 3 aromatic rings. The van der Waals surface area contributed by atoms with Gasteiger partial charge in [0.15, 0.2) is 0 Å². The Hall–Kier alpha value is -3.93. The number of carboxylic acids is 1. The molecule has 0 saturated heterocycles. The third-order valence-electron chi connectivity index (χ3n) is 8.74.